The summed E-state index contributed by atoms with van der Waals surface area (Å²) in [6, 6.07) is 14.8. The third-order valence-electron chi connectivity index (χ3n) is 5.01. The molecule has 0 saturated heterocycles. The van der Waals surface area contributed by atoms with Crippen LogP contribution < -0.4 is 0 Å². The van der Waals surface area contributed by atoms with Crippen LogP contribution in [0.4, 0.5) is 0 Å². The van der Waals surface area contributed by atoms with Crippen molar-refractivity contribution in [2.45, 2.75) is 45.4 Å². The Hall–Kier alpha value is -1.63. The largest absolute Gasteiger partial charge is 0.299 e. The molecule has 0 N–H and O–H groups in total. The van der Waals surface area contributed by atoms with Gasteiger partial charge in [0.1, 0.15) is 5.78 Å². The van der Waals surface area contributed by atoms with Crippen LogP contribution in [0.5, 0.6) is 0 Å². The van der Waals surface area contributed by atoms with Gasteiger partial charge in [-0.05, 0) is 35.1 Å². The van der Waals surface area contributed by atoms with Crippen LogP contribution in [0.2, 0.25) is 0 Å². The Bertz CT molecular complexity index is 629. The Kier molecular flexibility index (Phi) is 4.38. The van der Waals surface area contributed by atoms with Crippen molar-refractivity contribution in [1.29, 1.82) is 0 Å². The number of benzene rings is 2. The van der Waals surface area contributed by atoms with Crippen LogP contribution >= 0.6 is 0 Å². The Morgan fingerprint density at radius 2 is 1.90 bits per heavy atom. The molecule has 21 heavy (non-hydrogen) atoms. The van der Waals surface area contributed by atoms with Gasteiger partial charge in [0, 0.05) is 12.3 Å². The average Bonchev–Trinajstić information content (AvgIpc) is 2.54. The van der Waals surface area contributed by atoms with Crippen molar-refractivity contribution in [3.8, 4) is 0 Å². The molecule has 1 saturated carbocycles. The quantitative estimate of drug-likeness (QED) is 0.755. The molecule has 3 rings (SSSR count). The van der Waals surface area contributed by atoms with Crippen LogP contribution in [0.1, 0.15) is 44.6 Å². The van der Waals surface area contributed by atoms with Gasteiger partial charge in [-0.3, -0.25) is 4.79 Å². The lowest BCUT2D eigenvalue weighted by molar-refractivity contribution is -0.123. The summed E-state index contributed by atoms with van der Waals surface area (Å²) >= 11 is 0. The van der Waals surface area contributed by atoms with Gasteiger partial charge >= 0.3 is 0 Å². The Balaban J connectivity index is 1.70. The third-order valence-corrected chi connectivity index (χ3v) is 5.01. The number of rotatable bonds is 4. The van der Waals surface area contributed by atoms with Gasteiger partial charge in [-0.15, -0.1) is 0 Å². The molecule has 0 bridgehead atoms. The number of Topliss-reactive ketones (excluding diaryl/α,β-unsaturated/α-hetero) is 1. The molecule has 2 atom stereocenters. The molecule has 0 heterocycles. The van der Waals surface area contributed by atoms with Crippen molar-refractivity contribution in [3.05, 3.63) is 48.0 Å². The highest BCUT2D eigenvalue weighted by molar-refractivity contribution is 5.87. The number of fused-ring (bicyclic) bond motifs is 1. The van der Waals surface area contributed by atoms with Gasteiger partial charge in [0.15, 0.2) is 0 Å². The van der Waals surface area contributed by atoms with E-state index in [4.69, 9.17) is 0 Å². The zero-order valence-electron chi connectivity index (χ0n) is 12.8. The number of ketones is 1. The van der Waals surface area contributed by atoms with Crippen molar-refractivity contribution in [1.82, 2.24) is 0 Å². The SMILES string of the molecule is CCC1CCCC(C(=O)Cc2ccc3ccccc3c2)C1. The Morgan fingerprint density at radius 1 is 1.10 bits per heavy atom. The van der Waals surface area contributed by atoms with Gasteiger partial charge in [-0.2, -0.15) is 0 Å². The van der Waals surface area contributed by atoms with Gasteiger partial charge in [-0.1, -0.05) is 68.7 Å². The second-order valence-electron chi connectivity index (χ2n) is 6.46. The normalized spacial score (nSPS) is 22.3. The minimum atomic E-state index is 0.301. The summed E-state index contributed by atoms with van der Waals surface area (Å²) in [5, 5.41) is 2.48. The van der Waals surface area contributed by atoms with Gasteiger partial charge in [-0.25, -0.2) is 0 Å². The first-order valence-corrected chi connectivity index (χ1v) is 8.26. The summed E-state index contributed by atoms with van der Waals surface area (Å²) in [4.78, 5) is 12.6. The lowest BCUT2D eigenvalue weighted by Gasteiger charge is -2.27. The summed E-state index contributed by atoms with van der Waals surface area (Å²) in [7, 11) is 0. The van der Waals surface area contributed by atoms with E-state index in [9.17, 15) is 4.79 Å². The lowest BCUT2D eigenvalue weighted by Crippen LogP contribution is -2.24. The molecule has 0 aromatic heterocycles. The van der Waals surface area contributed by atoms with Gasteiger partial charge in [0.25, 0.3) is 0 Å². The second-order valence-corrected chi connectivity index (χ2v) is 6.46. The van der Waals surface area contributed by atoms with E-state index in [2.05, 4.69) is 49.4 Å². The maximum absolute atomic E-state index is 12.6. The fourth-order valence-corrected chi connectivity index (χ4v) is 3.65. The summed E-state index contributed by atoms with van der Waals surface area (Å²) in [6.07, 6.45) is 6.58. The minimum Gasteiger partial charge on any atom is -0.299 e. The Morgan fingerprint density at radius 3 is 2.71 bits per heavy atom. The maximum Gasteiger partial charge on any atom is 0.140 e. The molecule has 0 radical (unpaired) electrons. The van der Waals surface area contributed by atoms with E-state index in [0.29, 0.717) is 18.1 Å². The third kappa shape index (κ3) is 3.34. The minimum absolute atomic E-state index is 0.301. The molecule has 1 aliphatic rings. The van der Waals surface area contributed by atoms with E-state index in [1.54, 1.807) is 0 Å². The first kappa shape index (κ1) is 14.3. The summed E-state index contributed by atoms with van der Waals surface area (Å²) in [5.74, 6) is 1.52. The van der Waals surface area contributed by atoms with E-state index in [1.807, 2.05) is 0 Å². The molecular formula is C20H24O. The van der Waals surface area contributed by atoms with Crippen LogP contribution in [0.3, 0.4) is 0 Å². The van der Waals surface area contributed by atoms with E-state index in [1.165, 1.54) is 30.0 Å². The van der Waals surface area contributed by atoms with Gasteiger partial charge in [0.05, 0.1) is 0 Å². The highest BCUT2D eigenvalue weighted by Gasteiger charge is 2.26. The lowest BCUT2D eigenvalue weighted by atomic mass is 9.77. The molecule has 1 heteroatoms. The molecule has 0 spiro atoms. The molecule has 2 aromatic carbocycles. The topological polar surface area (TPSA) is 17.1 Å². The second kappa shape index (κ2) is 6.43. The average molecular weight is 280 g/mol. The predicted octanol–water partition coefficient (Wildman–Crippen LogP) is 5.17. The maximum atomic E-state index is 12.6. The smallest absolute Gasteiger partial charge is 0.140 e. The zero-order valence-corrected chi connectivity index (χ0v) is 12.8. The summed E-state index contributed by atoms with van der Waals surface area (Å²) in [5.41, 5.74) is 1.16. The summed E-state index contributed by atoms with van der Waals surface area (Å²) in [6.45, 7) is 2.25. The zero-order chi connectivity index (χ0) is 14.7. The van der Waals surface area contributed by atoms with E-state index in [0.717, 1.165) is 24.3 Å². The van der Waals surface area contributed by atoms with Crippen molar-refractivity contribution in [2.75, 3.05) is 0 Å². The first-order valence-electron chi connectivity index (χ1n) is 8.26. The molecule has 2 aromatic rings. The highest BCUT2D eigenvalue weighted by Crippen LogP contribution is 2.32. The molecule has 0 aliphatic heterocycles. The van der Waals surface area contributed by atoms with Gasteiger partial charge < -0.3 is 0 Å². The van der Waals surface area contributed by atoms with Crippen molar-refractivity contribution in [2.24, 2.45) is 11.8 Å². The van der Waals surface area contributed by atoms with Crippen LogP contribution in [0.25, 0.3) is 10.8 Å². The molecule has 1 aliphatic carbocycles. The van der Waals surface area contributed by atoms with Crippen LogP contribution in [0.15, 0.2) is 42.5 Å². The van der Waals surface area contributed by atoms with Crippen molar-refractivity contribution in [3.63, 3.8) is 0 Å². The summed E-state index contributed by atoms with van der Waals surface area (Å²) < 4.78 is 0. The van der Waals surface area contributed by atoms with Crippen LogP contribution in [-0.2, 0) is 11.2 Å². The van der Waals surface area contributed by atoms with Crippen LogP contribution in [-0.4, -0.2) is 5.78 Å². The number of carbonyl (C=O) groups excluding carboxylic acids is 1. The molecule has 1 nitrogen and oxygen atoms in total. The fourth-order valence-electron chi connectivity index (χ4n) is 3.65. The predicted molar refractivity (Wildman–Crippen MR) is 88.4 cm³/mol. The Labute approximate surface area is 127 Å². The van der Waals surface area contributed by atoms with Crippen LogP contribution in [0, 0.1) is 11.8 Å². The van der Waals surface area contributed by atoms with Crippen molar-refractivity contribution < 1.29 is 4.79 Å². The molecule has 2 unspecified atom stereocenters. The monoisotopic (exact) mass is 280 g/mol. The van der Waals surface area contributed by atoms with E-state index in [-0.39, 0.29) is 0 Å². The number of hydrogen-bond acceptors (Lipinski definition) is 1. The molecule has 0 amide bonds. The number of hydrogen-bond donors (Lipinski definition) is 0. The molecule has 1 fully saturated rings. The van der Waals surface area contributed by atoms with Gasteiger partial charge in [0.2, 0.25) is 0 Å². The molecule has 110 valence electrons. The molecular weight excluding hydrogens is 256 g/mol. The highest BCUT2D eigenvalue weighted by atomic mass is 16.1. The first-order chi connectivity index (χ1) is 10.3. The fraction of sp³-hybridized carbons (Fsp3) is 0.450. The van der Waals surface area contributed by atoms with Crippen molar-refractivity contribution >= 4 is 16.6 Å². The standard InChI is InChI=1S/C20H24O/c1-2-15-6-5-9-19(12-15)20(21)14-16-10-11-17-7-3-4-8-18(17)13-16/h3-4,7-8,10-11,13,15,19H,2,5-6,9,12,14H2,1H3. The van der Waals surface area contributed by atoms with E-state index < -0.39 is 0 Å². The number of carbonyl (C=O) groups is 1. The van der Waals surface area contributed by atoms with E-state index >= 15 is 0 Å².